The Hall–Kier alpha value is -1.38. The number of alkyl halides is 2. The molecule has 2 saturated heterocycles. The van der Waals surface area contributed by atoms with Crippen molar-refractivity contribution in [2.24, 2.45) is 11.8 Å². The molecule has 1 N–H and O–H groups in total. The molecule has 4 nitrogen and oxygen atoms in total. The van der Waals surface area contributed by atoms with Crippen molar-refractivity contribution in [1.29, 1.82) is 0 Å². The SMILES string of the molecule is OC1C[C@@H]2[C@@H](C=CC(F)(F)c3cc4ccccc4s3)[C@H](OC3CCCCO3)C[C@@H]2O1. The number of ether oxygens (including phenoxy) is 3. The van der Waals surface area contributed by atoms with Gasteiger partial charge in [0.15, 0.2) is 12.6 Å². The third-order valence-corrected chi connectivity index (χ3v) is 7.62. The largest absolute Gasteiger partial charge is 0.368 e. The van der Waals surface area contributed by atoms with Gasteiger partial charge in [-0.25, -0.2) is 0 Å². The van der Waals surface area contributed by atoms with Crippen LogP contribution in [0.4, 0.5) is 8.78 Å². The highest BCUT2D eigenvalue weighted by atomic mass is 32.1. The second-order valence-electron chi connectivity index (χ2n) is 8.44. The Morgan fingerprint density at radius 3 is 2.87 bits per heavy atom. The number of fused-ring (bicyclic) bond motifs is 2. The zero-order chi connectivity index (χ0) is 20.7. The molecule has 1 aliphatic carbocycles. The van der Waals surface area contributed by atoms with Crippen LogP contribution in [0.1, 0.15) is 37.0 Å². The van der Waals surface area contributed by atoms with E-state index in [-0.39, 0.29) is 35.2 Å². The molecular weight excluding hydrogens is 410 g/mol. The van der Waals surface area contributed by atoms with Gasteiger partial charge in [-0.05, 0) is 48.8 Å². The first-order chi connectivity index (χ1) is 14.5. The van der Waals surface area contributed by atoms with Crippen molar-refractivity contribution < 1.29 is 28.1 Å². The summed E-state index contributed by atoms with van der Waals surface area (Å²) in [6.07, 6.45) is 4.99. The average molecular weight is 437 g/mol. The molecule has 5 rings (SSSR count). The van der Waals surface area contributed by atoms with Gasteiger partial charge >= 0.3 is 5.92 Å². The summed E-state index contributed by atoms with van der Waals surface area (Å²) in [5.74, 6) is -3.33. The maximum Gasteiger partial charge on any atom is 0.300 e. The Morgan fingerprint density at radius 2 is 2.07 bits per heavy atom. The molecule has 1 saturated carbocycles. The summed E-state index contributed by atoms with van der Waals surface area (Å²) >= 11 is 1.12. The minimum atomic E-state index is -3.06. The highest BCUT2D eigenvalue weighted by Crippen LogP contribution is 2.46. The normalized spacial score (nSPS) is 34.8. The second kappa shape index (κ2) is 8.28. The third-order valence-electron chi connectivity index (χ3n) is 6.42. The predicted octanol–water partition coefficient (Wildman–Crippen LogP) is 5.20. The summed E-state index contributed by atoms with van der Waals surface area (Å²) in [5.41, 5.74) is 0. The number of thiophene rings is 1. The number of aliphatic hydroxyl groups excluding tert-OH is 1. The molecule has 3 heterocycles. The maximum atomic E-state index is 15.0. The number of halogens is 2. The maximum absolute atomic E-state index is 15.0. The molecule has 6 atom stereocenters. The number of hydrogen-bond acceptors (Lipinski definition) is 5. The highest BCUT2D eigenvalue weighted by Gasteiger charge is 2.50. The van der Waals surface area contributed by atoms with Gasteiger partial charge < -0.3 is 19.3 Å². The van der Waals surface area contributed by atoms with Gasteiger partial charge in [0, 0.05) is 30.1 Å². The van der Waals surface area contributed by atoms with Gasteiger partial charge in [-0.15, -0.1) is 11.3 Å². The van der Waals surface area contributed by atoms with E-state index >= 15 is 8.78 Å². The summed E-state index contributed by atoms with van der Waals surface area (Å²) in [6, 6.07) is 8.98. The Balaban J connectivity index is 1.36. The lowest BCUT2D eigenvalue weighted by Gasteiger charge is -2.29. The van der Waals surface area contributed by atoms with Crippen LogP contribution < -0.4 is 0 Å². The first-order valence-corrected chi connectivity index (χ1v) is 11.5. The van der Waals surface area contributed by atoms with Crippen LogP contribution in [0.25, 0.3) is 10.1 Å². The number of hydrogen-bond donors (Lipinski definition) is 1. The Morgan fingerprint density at radius 1 is 1.20 bits per heavy atom. The lowest BCUT2D eigenvalue weighted by molar-refractivity contribution is -0.196. The molecule has 1 aromatic carbocycles. The van der Waals surface area contributed by atoms with E-state index < -0.39 is 12.2 Å². The van der Waals surface area contributed by atoms with Crippen LogP contribution in [0.5, 0.6) is 0 Å². The molecule has 30 heavy (non-hydrogen) atoms. The van der Waals surface area contributed by atoms with Crippen molar-refractivity contribution in [2.75, 3.05) is 6.61 Å². The minimum absolute atomic E-state index is 0.0250. The summed E-state index contributed by atoms with van der Waals surface area (Å²) in [4.78, 5) is 0.0327. The summed E-state index contributed by atoms with van der Waals surface area (Å²) in [6.45, 7) is 0.671. The zero-order valence-corrected chi connectivity index (χ0v) is 17.4. The van der Waals surface area contributed by atoms with Gasteiger partial charge in [-0.3, -0.25) is 0 Å². The third kappa shape index (κ3) is 4.06. The van der Waals surface area contributed by atoms with E-state index in [0.717, 1.165) is 46.8 Å². The fourth-order valence-electron chi connectivity index (χ4n) is 4.93. The van der Waals surface area contributed by atoms with Gasteiger partial charge in [0.25, 0.3) is 0 Å². The number of allylic oxidation sites excluding steroid dienone is 1. The van der Waals surface area contributed by atoms with Crippen LogP contribution >= 0.6 is 11.3 Å². The van der Waals surface area contributed by atoms with Gasteiger partial charge in [0.2, 0.25) is 0 Å². The van der Waals surface area contributed by atoms with Crippen LogP contribution in [0, 0.1) is 11.8 Å². The predicted molar refractivity (Wildman–Crippen MR) is 110 cm³/mol. The van der Waals surface area contributed by atoms with Gasteiger partial charge in [-0.1, -0.05) is 24.3 Å². The molecule has 0 amide bonds. The van der Waals surface area contributed by atoms with Gasteiger partial charge in [0.05, 0.1) is 17.1 Å². The van der Waals surface area contributed by atoms with Crippen LogP contribution in [-0.4, -0.2) is 36.5 Å². The van der Waals surface area contributed by atoms with Crippen molar-refractivity contribution in [2.45, 2.75) is 62.8 Å². The standard InChI is InChI=1S/C23H26F2O4S/c24-23(25,20-11-14-5-1-2-6-19(14)30-20)9-8-15-16-12-21(26)28-18(16)13-17(15)29-22-7-3-4-10-27-22/h1-2,5-6,8-9,11,15-18,21-22,26H,3-4,7,10,12-13H2/t15-,16-,17-,18+,21?,22?/m1/s1. The number of rotatable bonds is 5. The summed E-state index contributed by atoms with van der Waals surface area (Å²) in [5, 5.41) is 10.7. The molecule has 2 aromatic rings. The monoisotopic (exact) mass is 436 g/mol. The van der Waals surface area contributed by atoms with E-state index in [2.05, 4.69) is 0 Å². The average Bonchev–Trinajstić information content (AvgIpc) is 3.40. The molecule has 2 unspecified atom stereocenters. The van der Waals surface area contributed by atoms with E-state index in [4.69, 9.17) is 14.2 Å². The van der Waals surface area contributed by atoms with Crippen LogP contribution in [0.2, 0.25) is 0 Å². The second-order valence-corrected chi connectivity index (χ2v) is 9.53. The number of benzene rings is 1. The van der Waals surface area contributed by atoms with E-state index in [1.54, 1.807) is 12.1 Å². The van der Waals surface area contributed by atoms with E-state index in [9.17, 15) is 5.11 Å². The van der Waals surface area contributed by atoms with Crippen LogP contribution in [-0.2, 0) is 20.1 Å². The molecule has 162 valence electrons. The summed E-state index contributed by atoms with van der Waals surface area (Å²) in [7, 11) is 0. The van der Waals surface area contributed by atoms with Gasteiger partial charge in [0.1, 0.15) is 0 Å². The van der Waals surface area contributed by atoms with Crippen LogP contribution in [0.3, 0.4) is 0 Å². The lowest BCUT2D eigenvalue weighted by Crippen LogP contribution is -2.31. The molecule has 3 fully saturated rings. The fraction of sp³-hybridized carbons (Fsp3) is 0.565. The van der Waals surface area contributed by atoms with Crippen molar-refractivity contribution in [3.8, 4) is 0 Å². The smallest absolute Gasteiger partial charge is 0.300 e. The molecule has 0 bridgehead atoms. The topological polar surface area (TPSA) is 47.9 Å². The minimum Gasteiger partial charge on any atom is -0.368 e. The highest BCUT2D eigenvalue weighted by molar-refractivity contribution is 7.19. The molecule has 7 heteroatoms. The first kappa shape index (κ1) is 20.5. The van der Waals surface area contributed by atoms with Crippen molar-refractivity contribution >= 4 is 21.4 Å². The van der Waals surface area contributed by atoms with Crippen molar-refractivity contribution in [1.82, 2.24) is 0 Å². The summed E-state index contributed by atoms with van der Waals surface area (Å²) < 4.78 is 48.4. The molecule has 2 aliphatic heterocycles. The number of aliphatic hydroxyl groups is 1. The molecule has 3 aliphatic rings. The Kier molecular flexibility index (Phi) is 5.66. The molecule has 0 radical (unpaired) electrons. The van der Waals surface area contributed by atoms with Crippen molar-refractivity contribution in [3.63, 3.8) is 0 Å². The quantitative estimate of drug-likeness (QED) is 0.654. The van der Waals surface area contributed by atoms with Crippen LogP contribution in [0.15, 0.2) is 42.5 Å². The fourth-order valence-corrected chi connectivity index (χ4v) is 5.94. The van der Waals surface area contributed by atoms with E-state index in [1.807, 2.05) is 24.3 Å². The molecular formula is C23H26F2O4S. The molecule has 0 spiro atoms. The Labute approximate surface area is 178 Å². The van der Waals surface area contributed by atoms with Crippen molar-refractivity contribution in [3.05, 3.63) is 47.4 Å². The van der Waals surface area contributed by atoms with E-state index in [1.165, 1.54) is 0 Å². The first-order valence-electron chi connectivity index (χ1n) is 10.7. The zero-order valence-electron chi connectivity index (χ0n) is 16.6. The van der Waals surface area contributed by atoms with Gasteiger partial charge in [-0.2, -0.15) is 8.78 Å². The lowest BCUT2D eigenvalue weighted by atomic mass is 9.91. The molecule has 1 aromatic heterocycles. The Bertz CT molecular complexity index is 874. The van der Waals surface area contributed by atoms with E-state index in [0.29, 0.717) is 19.4 Å².